The van der Waals surface area contributed by atoms with E-state index in [0.717, 1.165) is 23.3 Å². The van der Waals surface area contributed by atoms with E-state index in [9.17, 15) is 5.11 Å². The van der Waals surface area contributed by atoms with E-state index in [1.54, 1.807) is 7.11 Å². The minimum atomic E-state index is -0.138. The summed E-state index contributed by atoms with van der Waals surface area (Å²) >= 11 is 5.95. The summed E-state index contributed by atoms with van der Waals surface area (Å²) in [7, 11) is 1.64. The molecule has 2 aromatic carbocycles. The molecule has 1 atom stereocenters. The summed E-state index contributed by atoms with van der Waals surface area (Å²) in [4.78, 5) is 13.4. The molecule has 1 aromatic heterocycles. The second kappa shape index (κ2) is 11.3. The van der Waals surface area contributed by atoms with E-state index >= 15 is 0 Å². The first-order valence-electron chi connectivity index (χ1n) is 10.1. The van der Waals surface area contributed by atoms with Crippen LogP contribution in [0.15, 0.2) is 48.5 Å². The summed E-state index contributed by atoms with van der Waals surface area (Å²) in [6.07, 6.45) is 0.740. The van der Waals surface area contributed by atoms with Crippen LogP contribution in [-0.2, 0) is 13.1 Å². The summed E-state index contributed by atoms with van der Waals surface area (Å²) in [6.45, 7) is 3.05. The highest BCUT2D eigenvalue weighted by atomic mass is 35.5. The Morgan fingerprint density at radius 3 is 1.87 bits per heavy atom. The minimum absolute atomic E-state index is 0.00959. The van der Waals surface area contributed by atoms with Crippen LogP contribution in [0.3, 0.4) is 0 Å². The molecular formula is C22H27ClN6O2. The highest BCUT2D eigenvalue weighted by Crippen LogP contribution is 2.16. The highest BCUT2D eigenvalue weighted by molar-refractivity contribution is 6.30. The number of halogens is 1. The molecule has 0 bridgehead atoms. The standard InChI is InChI=1S/C22H27ClN6O2/c1-3-18(14-30)26-22-28-20(24-12-15-4-8-17(23)9-5-15)27-21(29-22)25-13-16-6-10-19(31-2)11-7-16/h4-11,18,30H,3,12-14H2,1-2H3,(H3,24,25,26,27,28,29)/t18-/m1/s1. The van der Waals surface area contributed by atoms with Crippen molar-refractivity contribution in [2.24, 2.45) is 0 Å². The number of nitrogens with one attached hydrogen (secondary N) is 3. The number of rotatable bonds is 11. The third kappa shape index (κ3) is 6.97. The molecule has 9 heteroatoms. The first-order valence-corrected chi connectivity index (χ1v) is 10.5. The number of anilines is 3. The summed E-state index contributed by atoms with van der Waals surface area (Å²) in [5.41, 5.74) is 2.11. The van der Waals surface area contributed by atoms with Gasteiger partial charge in [-0.25, -0.2) is 0 Å². The van der Waals surface area contributed by atoms with Gasteiger partial charge in [0.2, 0.25) is 17.8 Å². The zero-order valence-corrected chi connectivity index (χ0v) is 18.4. The molecule has 8 nitrogen and oxygen atoms in total. The van der Waals surface area contributed by atoms with Crippen LogP contribution in [0.1, 0.15) is 24.5 Å². The molecule has 4 N–H and O–H groups in total. The Hall–Kier alpha value is -3.10. The minimum Gasteiger partial charge on any atom is -0.497 e. The third-order valence-electron chi connectivity index (χ3n) is 4.66. The van der Waals surface area contributed by atoms with Crippen LogP contribution in [0.2, 0.25) is 5.02 Å². The summed E-state index contributed by atoms with van der Waals surface area (Å²) < 4.78 is 5.19. The van der Waals surface area contributed by atoms with Crippen molar-refractivity contribution in [1.29, 1.82) is 0 Å². The maximum atomic E-state index is 9.51. The van der Waals surface area contributed by atoms with Crippen LogP contribution >= 0.6 is 11.6 Å². The number of aliphatic hydroxyl groups excluding tert-OH is 1. The van der Waals surface area contributed by atoms with Gasteiger partial charge < -0.3 is 25.8 Å². The fourth-order valence-electron chi connectivity index (χ4n) is 2.77. The monoisotopic (exact) mass is 442 g/mol. The summed E-state index contributed by atoms with van der Waals surface area (Å²) in [5, 5.41) is 19.8. The lowest BCUT2D eigenvalue weighted by Gasteiger charge is -2.16. The lowest BCUT2D eigenvalue weighted by atomic mass is 10.2. The second-order valence-corrected chi connectivity index (χ2v) is 7.36. The number of ether oxygens (including phenoxy) is 1. The molecule has 0 saturated carbocycles. The molecule has 3 aromatic rings. The Bertz CT molecular complexity index is 949. The Balaban J connectivity index is 1.73. The van der Waals surface area contributed by atoms with Gasteiger partial charge in [0.25, 0.3) is 0 Å². The van der Waals surface area contributed by atoms with Gasteiger partial charge in [0.05, 0.1) is 19.8 Å². The highest BCUT2D eigenvalue weighted by Gasteiger charge is 2.11. The molecule has 0 amide bonds. The smallest absolute Gasteiger partial charge is 0.229 e. The van der Waals surface area contributed by atoms with Gasteiger partial charge in [-0.3, -0.25) is 0 Å². The van der Waals surface area contributed by atoms with E-state index in [1.165, 1.54) is 0 Å². The van der Waals surface area contributed by atoms with Crippen LogP contribution in [0, 0.1) is 0 Å². The number of nitrogens with zero attached hydrogens (tertiary/aromatic N) is 3. The van der Waals surface area contributed by atoms with Gasteiger partial charge in [-0.1, -0.05) is 42.8 Å². The Kier molecular flexibility index (Phi) is 8.26. The van der Waals surface area contributed by atoms with Crippen molar-refractivity contribution >= 4 is 29.4 Å². The van der Waals surface area contributed by atoms with E-state index in [0.29, 0.717) is 36.0 Å². The van der Waals surface area contributed by atoms with Gasteiger partial charge in [-0.05, 0) is 41.8 Å². The fourth-order valence-corrected chi connectivity index (χ4v) is 2.89. The first-order chi connectivity index (χ1) is 15.1. The van der Waals surface area contributed by atoms with Gasteiger partial charge in [0.15, 0.2) is 0 Å². The Morgan fingerprint density at radius 2 is 1.39 bits per heavy atom. The zero-order valence-electron chi connectivity index (χ0n) is 17.6. The second-order valence-electron chi connectivity index (χ2n) is 6.92. The van der Waals surface area contributed by atoms with Gasteiger partial charge in [-0.2, -0.15) is 15.0 Å². The fraction of sp³-hybridized carbons (Fsp3) is 0.318. The average molecular weight is 443 g/mol. The van der Waals surface area contributed by atoms with Crippen molar-refractivity contribution in [1.82, 2.24) is 15.0 Å². The maximum Gasteiger partial charge on any atom is 0.229 e. The lowest BCUT2D eigenvalue weighted by Crippen LogP contribution is -2.24. The van der Waals surface area contributed by atoms with Gasteiger partial charge in [0.1, 0.15) is 5.75 Å². The number of benzene rings is 2. The molecule has 0 aliphatic heterocycles. The molecule has 0 spiro atoms. The van der Waals surface area contributed by atoms with Gasteiger partial charge in [0, 0.05) is 18.1 Å². The number of aromatic nitrogens is 3. The van der Waals surface area contributed by atoms with E-state index in [-0.39, 0.29) is 12.6 Å². The van der Waals surface area contributed by atoms with Gasteiger partial charge in [-0.15, -0.1) is 0 Å². The molecule has 0 aliphatic carbocycles. The maximum absolute atomic E-state index is 9.51. The van der Waals surface area contributed by atoms with Crippen LogP contribution in [0.25, 0.3) is 0 Å². The first kappa shape index (κ1) is 22.6. The van der Waals surface area contributed by atoms with E-state index in [1.807, 2.05) is 55.5 Å². The molecular weight excluding hydrogens is 416 g/mol. The topological polar surface area (TPSA) is 104 Å². The predicted octanol–water partition coefficient (Wildman–Crippen LogP) is 3.94. The molecule has 3 rings (SSSR count). The third-order valence-corrected chi connectivity index (χ3v) is 4.91. The lowest BCUT2D eigenvalue weighted by molar-refractivity contribution is 0.271. The van der Waals surface area contributed by atoms with E-state index in [2.05, 4.69) is 30.9 Å². The molecule has 31 heavy (non-hydrogen) atoms. The van der Waals surface area contributed by atoms with Crippen LogP contribution < -0.4 is 20.7 Å². The molecule has 0 fully saturated rings. The van der Waals surface area contributed by atoms with Crippen molar-refractivity contribution in [3.8, 4) is 5.75 Å². The van der Waals surface area contributed by atoms with Crippen LogP contribution in [0.5, 0.6) is 5.75 Å². The molecule has 164 valence electrons. The number of methoxy groups -OCH3 is 1. The van der Waals surface area contributed by atoms with Crippen molar-refractivity contribution in [3.05, 3.63) is 64.7 Å². The number of aliphatic hydroxyl groups is 1. The van der Waals surface area contributed by atoms with E-state index < -0.39 is 0 Å². The summed E-state index contributed by atoms with van der Waals surface area (Å²) in [6, 6.07) is 15.2. The predicted molar refractivity (Wildman–Crippen MR) is 124 cm³/mol. The van der Waals surface area contributed by atoms with Gasteiger partial charge >= 0.3 is 0 Å². The molecule has 0 saturated heterocycles. The molecule has 0 unspecified atom stereocenters. The van der Waals surface area contributed by atoms with Crippen molar-refractivity contribution < 1.29 is 9.84 Å². The average Bonchev–Trinajstić information content (AvgIpc) is 2.81. The SMILES string of the molecule is CC[C@H](CO)Nc1nc(NCc2ccc(Cl)cc2)nc(NCc2ccc(OC)cc2)n1. The summed E-state index contributed by atoms with van der Waals surface area (Å²) in [5.74, 6) is 2.06. The zero-order chi connectivity index (χ0) is 22.1. The van der Waals surface area contributed by atoms with Crippen LogP contribution in [-0.4, -0.2) is 39.8 Å². The van der Waals surface area contributed by atoms with Crippen molar-refractivity contribution in [2.75, 3.05) is 29.7 Å². The Morgan fingerprint density at radius 1 is 0.871 bits per heavy atom. The Labute approximate surface area is 187 Å². The largest absolute Gasteiger partial charge is 0.497 e. The molecule has 1 heterocycles. The van der Waals surface area contributed by atoms with Crippen molar-refractivity contribution in [3.63, 3.8) is 0 Å². The normalized spacial score (nSPS) is 11.6. The van der Waals surface area contributed by atoms with Crippen molar-refractivity contribution in [2.45, 2.75) is 32.5 Å². The molecule has 0 aliphatic rings. The quantitative estimate of drug-likeness (QED) is 0.354. The number of hydrogen-bond acceptors (Lipinski definition) is 8. The number of hydrogen-bond donors (Lipinski definition) is 4. The van der Waals surface area contributed by atoms with Crippen LogP contribution in [0.4, 0.5) is 17.8 Å². The van der Waals surface area contributed by atoms with E-state index in [4.69, 9.17) is 16.3 Å². The molecule has 0 radical (unpaired) electrons.